The summed E-state index contributed by atoms with van der Waals surface area (Å²) in [6.07, 6.45) is 3.10. The normalized spacial score (nSPS) is 10.0. The molecule has 3 rings (SSSR count). The number of hydrogen-bond acceptors (Lipinski definition) is 3. The first-order valence-corrected chi connectivity index (χ1v) is 7.95. The topological polar surface area (TPSA) is 77.9 Å². The van der Waals surface area contributed by atoms with E-state index in [2.05, 4.69) is 22.9 Å². The lowest BCUT2D eigenvalue weighted by Gasteiger charge is -2.08. The van der Waals surface area contributed by atoms with E-state index in [1.54, 1.807) is 19.2 Å². The predicted octanol–water partition coefficient (Wildman–Crippen LogP) is 4.35. The molecule has 3 aromatic rings. The molecular weight excluding hydrogens is 326 g/mol. The molecule has 2 N–H and O–H groups in total. The number of anilines is 1. The summed E-state index contributed by atoms with van der Waals surface area (Å²) in [6.45, 7) is 3.46. The molecular formula is C21H17N3O2. The van der Waals surface area contributed by atoms with Crippen molar-refractivity contribution >= 4 is 11.6 Å². The first-order valence-electron chi connectivity index (χ1n) is 7.95. The van der Waals surface area contributed by atoms with Gasteiger partial charge in [0.25, 0.3) is 0 Å². The highest BCUT2D eigenvalue weighted by Gasteiger charge is 2.09. The molecule has 128 valence electrons. The van der Waals surface area contributed by atoms with Crippen molar-refractivity contribution in [2.75, 3.05) is 12.4 Å². The minimum Gasteiger partial charge on any atom is -0.497 e. The number of rotatable bonds is 5. The number of nitrogens with one attached hydrogen (secondary N) is 2. The zero-order valence-electron chi connectivity index (χ0n) is 14.2. The van der Waals surface area contributed by atoms with Crippen LogP contribution in [0.3, 0.4) is 0 Å². The molecule has 0 radical (unpaired) electrons. The molecule has 0 spiro atoms. The Labute approximate surface area is 151 Å². The Bertz CT molecular complexity index is 1010. The summed E-state index contributed by atoms with van der Waals surface area (Å²) in [7, 11) is 1.58. The van der Waals surface area contributed by atoms with Crippen LogP contribution in [-0.2, 0) is 4.79 Å². The van der Waals surface area contributed by atoms with Crippen LogP contribution in [-0.4, -0.2) is 18.0 Å². The fourth-order valence-corrected chi connectivity index (χ4v) is 2.63. The number of nitrogens with zero attached hydrogens (tertiary/aromatic N) is 1. The van der Waals surface area contributed by atoms with Gasteiger partial charge in [-0.1, -0.05) is 18.7 Å². The van der Waals surface area contributed by atoms with Gasteiger partial charge in [-0.15, -0.1) is 0 Å². The van der Waals surface area contributed by atoms with E-state index in [0.29, 0.717) is 17.0 Å². The standard InChI is InChI=1S/C21H17N3O2/c1-3-21(25)24-18-8-16(9-19(11-18)26-2)20-10-17(13-23-20)15-6-4-5-14(7-15)12-22/h3-11,13,23H,1H2,2H3,(H,24,25). The van der Waals surface area contributed by atoms with Crippen molar-refractivity contribution < 1.29 is 9.53 Å². The third-order valence-electron chi connectivity index (χ3n) is 3.91. The van der Waals surface area contributed by atoms with E-state index in [4.69, 9.17) is 10.00 Å². The van der Waals surface area contributed by atoms with E-state index >= 15 is 0 Å². The lowest BCUT2D eigenvalue weighted by atomic mass is 10.0. The van der Waals surface area contributed by atoms with Gasteiger partial charge in [0.1, 0.15) is 5.75 Å². The first kappa shape index (κ1) is 17.1. The molecule has 1 heterocycles. The summed E-state index contributed by atoms with van der Waals surface area (Å²) < 4.78 is 5.33. The van der Waals surface area contributed by atoms with Crippen molar-refractivity contribution in [3.8, 4) is 34.2 Å². The van der Waals surface area contributed by atoms with Gasteiger partial charge in [0, 0.05) is 29.2 Å². The van der Waals surface area contributed by atoms with Crippen LogP contribution in [0.4, 0.5) is 5.69 Å². The summed E-state index contributed by atoms with van der Waals surface area (Å²) in [5, 5.41) is 11.8. The van der Waals surface area contributed by atoms with Gasteiger partial charge in [-0.05, 0) is 47.5 Å². The molecule has 1 aromatic heterocycles. The molecule has 0 aliphatic heterocycles. The molecule has 0 saturated carbocycles. The van der Waals surface area contributed by atoms with Crippen LogP contribution in [0.1, 0.15) is 5.56 Å². The van der Waals surface area contributed by atoms with Crippen LogP contribution in [0.2, 0.25) is 0 Å². The van der Waals surface area contributed by atoms with Gasteiger partial charge in [-0.25, -0.2) is 0 Å². The average molecular weight is 343 g/mol. The number of carbonyl (C=O) groups excluding carboxylic acids is 1. The molecule has 0 fully saturated rings. The zero-order chi connectivity index (χ0) is 18.5. The SMILES string of the molecule is C=CC(=O)Nc1cc(OC)cc(-c2cc(-c3cccc(C#N)c3)c[nH]2)c1. The van der Waals surface area contributed by atoms with Crippen molar-refractivity contribution in [1.82, 2.24) is 4.98 Å². The van der Waals surface area contributed by atoms with E-state index < -0.39 is 0 Å². The van der Waals surface area contributed by atoms with Gasteiger partial charge in [-0.2, -0.15) is 5.26 Å². The van der Waals surface area contributed by atoms with Gasteiger partial charge in [-0.3, -0.25) is 4.79 Å². The van der Waals surface area contributed by atoms with Crippen LogP contribution >= 0.6 is 0 Å². The molecule has 5 nitrogen and oxygen atoms in total. The molecule has 2 aromatic carbocycles. The Morgan fingerprint density at radius 1 is 1.19 bits per heavy atom. The van der Waals surface area contributed by atoms with Crippen LogP contribution in [0.5, 0.6) is 5.75 Å². The number of H-pyrrole nitrogens is 1. The maximum atomic E-state index is 11.6. The highest BCUT2D eigenvalue weighted by molar-refractivity contribution is 5.99. The van der Waals surface area contributed by atoms with Crippen LogP contribution in [0, 0.1) is 11.3 Å². The Morgan fingerprint density at radius 2 is 2.04 bits per heavy atom. The number of ether oxygens (including phenoxy) is 1. The maximum absolute atomic E-state index is 11.6. The van der Waals surface area contributed by atoms with Gasteiger partial charge < -0.3 is 15.0 Å². The number of amides is 1. The zero-order valence-corrected chi connectivity index (χ0v) is 14.2. The molecule has 0 unspecified atom stereocenters. The van der Waals surface area contributed by atoms with Crippen LogP contribution in [0.15, 0.2) is 67.4 Å². The molecule has 0 saturated heterocycles. The Hall–Kier alpha value is -3.78. The number of nitriles is 1. The van der Waals surface area contributed by atoms with Gasteiger partial charge in [0.15, 0.2) is 0 Å². The van der Waals surface area contributed by atoms with Crippen LogP contribution in [0.25, 0.3) is 22.4 Å². The fraction of sp³-hybridized carbons (Fsp3) is 0.0476. The fourth-order valence-electron chi connectivity index (χ4n) is 2.63. The maximum Gasteiger partial charge on any atom is 0.247 e. The minimum absolute atomic E-state index is 0.287. The molecule has 0 aliphatic rings. The average Bonchev–Trinajstić information content (AvgIpc) is 3.18. The highest BCUT2D eigenvalue weighted by Crippen LogP contribution is 2.31. The predicted molar refractivity (Wildman–Crippen MR) is 102 cm³/mol. The van der Waals surface area contributed by atoms with Crippen molar-refractivity contribution in [3.63, 3.8) is 0 Å². The summed E-state index contributed by atoms with van der Waals surface area (Å²) >= 11 is 0. The van der Waals surface area contributed by atoms with Crippen molar-refractivity contribution in [2.24, 2.45) is 0 Å². The van der Waals surface area contributed by atoms with E-state index in [1.807, 2.05) is 42.6 Å². The van der Waals surface area contributed by atoms with Gasteiger partial charge >= 0.3 is 0 Å². The molecule has 0 atom stereocenters. The van der Waals surface area contributed by atoms with E-state index in [0.717, 1.165) is 22.4 Å². The number of benzene rings is 2. The molecule has 0 bridgehead atoms. The Morgan fingerprint density at radius 3 is 2.77 bits per heavy atom. The van der Waals surface area contributed by atoms with E-state index in [9.17, 15) is 4.79 Å². The summed E-state index contributed by atoms with van der Waals surface area (Å²) in [4.78, 5) is 14.8. The number of aromatic nitrogens is 1. The first-order chi connectivity index (χ1) is 12.6. The minimum atomic E-state index is -0.287. The van der Waals surface area contributed by atoms with Crippen molar-refractivity contribution in [2.45, 2.75) is 0 Å². The monoisotopic (exact) mass is 343 g/mol. The highest BCUT2D eigenvalue weighted by atomic mass is 16.5. The lowest BCUT2D eigenvalue weighted by Crippen LogP contribution is -2.07. The summed E-state index contributed by atoms with van der Waals surface area (Å²) in [5.41, 5.74) is 4.89. The smallest absolute Gasteiger partial charge is 0.247 e. The van der Waals surface area contributed by atoms with Gasteiger partial charge in [0.05, 0.1) is 18.7 Å². The lowest BCUT2D eigenvalue weighted by molar-refractivity contribution is -0.111. The second-order valence-electron chi connectivity index (χ2n) is 5.64. The second kappa shape index (κ2) is 7.41. The quantitative estimate of drug-likeness (QED) is 0.676. The molecule has 1 amide bonds. The molecule has 5 heteroatoms. The summed E-state index contributed by atoms with van der Waals surface area (Å²) in [6, 6.07) is 17.0. The van der Waals surface area contributed by atoms with Crippen LogP contribution < -0.4 is 10.1 Å². The van der Waals surface area contributed by atoms with Crippen molar-refractivity contribution in [1.29, 1.82) is 5.26 Å². The molecule has 0 aliphatic carbocycles. The summed E-state index contributed by atoms with van der Waals surface area (Å²) in [5.74, 6) is 0.342. The van der Waals surface area contributed by atoms with E-state index in [1.165, 1.54) is 6.08 Å². The number of hydrogen-bond donors (Lipinski definition) is 2. The largest absolute Gasteiger partial charge is 0.497 e. The number of carbonyl (C=O) groups is 1. The Balaban J connectivity index is 1.98. The third-order valence-corrected chi connectivity index (χ3v) is 3.91. The van der Waals surface area contributed by atoms with Gasteiger partial charge in [0.2, 0.25) is 5.91 Å². The second-order valence-corrected chi connectivity index (χ2v) is 5.64. The Kier molecular flexibility index (Phi) is 4.86. The number of aromatic amines is 1. The third kappa shape index (κ3) is 3.65. The van der Waals surface area contributed by atoms with E-state index in [-0.39, 0.29) is 5.91 Å². The number of methoxy groups -OCH3 is 1. The molecule has 26 heavy (non-hydrogen) atoms. The van der Waals surface area contributed by atoms with Crippen molar-refractivity contribution in [3.05, 3.63) is 72.9 Å².